The van der Waals surface area contributed by atoms with Gasteiger partial charge in [0.1, 0.15) is 5.82 Å². The molecule has 0 spiro atoms. The number of halogens is 1. The van der Waals surface area contributed by atoms with Crippen molar-refractivity contribution in [1.82, 2.24) is 14.9 Å². The lowest BCUT2D eigenvalue weighted by Crippen LogP contribution is -2.50. The highest BCUT2D eigenvalue weighted by Crippen LogP contribution is 2.27. The third-order valence-corrected chi connectivity index (χ3v) is 4.92. The average molecular weight is 330 g/mol. The van der Waals surface area contributed by atoms with Gasteiger partial charge >= 0.3 is 5.97 Å². The van der Waals surface area contributed by atoms with Crippen LogP contribution in [0.25, 0.3) is 10.9 Å². The molecule has 1 unspecified atom stereocenters. The fourth-order valence-electron chi connectivity index (χ4n) is 3.79. The summed E-state index contributed by atoms with van der Waals surface area (Å²) >= 11 is 0. The maximum absolute atomic E-state index is 14.2. The first-order chi connectivity index (χ1) is 11.6. The number of carbonyl (C=O) groups is 1. The number of benzene rings is 1. The molecule has 1 aromatic heterocycles. The normalized spacial score (nSPS) is 21.2. The molecule has 7 heteroatoms. The number of fused-ring (bicyclic) bond motifs is 2. The largest absolute Gasteiger partial charge is 0.481 e. The summed E-state index contributed by atoms with van der Waals surface area (Å²) in [6.45, 7) is 3.76. The van der Waals surface area contributed by atoms with Gasteiger partial charge in [-0.15, -0.1) is 0 Å². The number of anilines is 1. The Morgan fingerprint density at radius 2 is 2.17 bits per heavy atom. The van der Waals surface area contributed by atoms with Crippen molar-refractivity contribution in [3.63, 3.8) is 0 Å². The number of nitrogens with zero attached hydrogens (tertiary/aromatic N) is 4. The predicted octanol–water partition coefficient (Wildman–Crippen LogP) is 1.68. The third kappa shape index (κ3) is 2.69. The Balaban J connectivity index is 1.74. The smallest absolute Gasteiger partial charge is 0.309 e. The van der Waals surface area contributed by atoms with Crippen molar-refractivity contribution in [3.8, 4) is 0 Å². The number of aromatic nitrogens is 2. The fraction of sp³-hybridized carbons (Fsp3) is 0.471. The SMILES string of the molecule is O=C(O)Cc1nc(N2CCN3CCCC3C2)nc2cccc(F)c12. The molecule has 126 valence electrons. The Hall–Kier alpha value is -2.28. The summed E-state index contributed by atoms with van der Waals surface area (Å²) in [5.74, 6) is -0.989. The van der Waals surface area contributed by atoms with E-state index in [4.69, 9.17) is 5.11 Å². The monoisotopic (exact) mass is 330 g/mol. The highest BCUT2D eigenvalue weighted by Gasteiger charge is 2.32. The topological polar surface area (TPSA) is 69.6 Å². The first kappa shape index (κ1) is 15.3. The van der Waals surface area contributed by atoms with E-state index in [9.17, 15) is 9.18 Å². The number of rotatable bonds is 3. The molecule has 0 radical (unpaired) electrons. The lowest BCUT2D eigenvalue weighted by molar-refractivity contribution is -0.136. The van der Waals surface area contributed by atoms with Crippen molar-refractivity contribution in [2.75, 3.05) is 31.1 Å². The van der Waals surface area contributed by atoms with Gasteiger partial charge in [0.15, 0.2) is 0 Å². The molecule has 1 aromatic carbocycles. The van der Waals surface area contributed by atoms with Gasteiger partial charge in [0.25, 0.3) is 0 Å². The van der Waals surface area contributed by atoms with Gasteiger partial charge in [0.05, 0.1) is 23.0 Å². The van der Waals surface area contributed by atoms with E-state index in [2.05, 4.69) is 19.8 Å². The molecule has 0 saturated carbocycles. The average Bonchev–Trinajstić information content (AvgIpc) is 3.01. The standard InChI is InChI=1S/C17H19FN4O2/c18-12-4-1-5-13-16(12)14(9-15(23)24)20-17(19-13)22-8-7-21-6-2-3-11(21)10-22/h1,4-5,11H,2-3,6-10H2,(H,23,24). The molecule has 2 aliphatic heterocycles. The summed E-state index contributed by atoms with van der Waals surface area (Å²) in [5, 5.41) is 9.35. The van der Waals surface area contributed by atoms with E-state index in [1.54, 1.807) is 12.1 Å². The Bertz CT molecular complexity index is 797. The highest BCUT2D eigenvalue weighted by molar-refractivity contribution is 5.86. The minimum absolute atomic E-state index is 0.211. The van der Waals surface area contributed by atoms with Gasteiger partial charge in [-0.3, -0.25) is 9.69 Å². The molecule has 6 nitrogen and oxygen atoms in total. The molecular weight excluding hydrogens is 311 g/mol. The predicted molar refractivity (Wildman–Crippen MR) is 87.6 cm³/mol. The minimum Gasteiger partial charge on any atom is -0.481 e. The van der Waals surface area contributed by atoms with Gasteiger partial charge in [0.2, 0.25) is 5.95 Å². The molecule has 1 N–H and O–H groups in total. The molecule has 3 heterocycles. The molecule has 0 bridgehead atoms. The molecule has 0 aliphatic carbocycles. The third-order valence-electron chi connectivity index (χ3n) is 4.92. The van der Waals surface area contributed by atoms with Crippen LogP contribution in [0, 0.1) is 5.82 Å². The zero-order valence-electron chi connectivity index (χ0n) is 13.3. The van der Waals surface area contributed by atoms with Crippen molar-refractivity contribution in [2.45, 2.75) is 25.3 Å². The van der Waals surface area contributed by atoms with E-state index in [-0.39, 0.29) is 17.5 Å². The van der Waals surface area contributed by atoms with Crippen LogP contribution in [-0.2, 0) is 11.2 Å². The second kappa shape index (κ2) is 5.98. The Labute approximate surface area is 138 Å². The van der Waals surface area contributed by atoms with Crippen LogP contribution in [0.15, 0.2) is 18.2 Å². The maximum atomic E-state index is 14.2. The van der Waals surface area contributed by atoms with Gasteiger partial charge in [-0.1, -0.05) is 6.07 Å². The van der Waals surface area contributed by atoms with Crippen LogP contribution >= 0.6 is 0 Å². The van der Waals surface area contributed by atoms with Crippen LogP contribution in [0.5, 0.6) is 0 Å². The van der Waals surface area contributed by atoms with E-state index >= 15 is 0 Å². The van der Waals surface area contributed by atoms with E-state index in [1.807, 2.05) is 0 Å². The van der Waals surface area contributed by atoms with Crippen molar-refractivity contribution in [1.29, 1.82) is 0 Å². The minimum atomic E-state index is -1.02. The molecule has 2 saturated heterocycles. The van der Waals surface area contributed by atoms with Crippen molar-refractivity contribution < 1.29 is 14.3 Å². The van der Waals surface area contributed by atoms with Crippen LogP contribution in [0.3, 0.4) is 0 Å². The number of carboxylic acids is 1. The van der Waals surface area contributed by atoms with Crippen LogP contribution < -0.4 is 4.90 Å². The Kier molecular flexibility index (Phi) is 3.80. The van der Waals surface area contributed by atoms with Gasteiger partial charge in [-0.25, -0.2) is 14.4 Å². The van der Waals surface area contributed by atoms with Crippen LogP contribution in [-0.4, -0.2) is 58.2 Å². The summed E-state index contributed by atoms with van der Waals surface area (Å²) < 4.78 is 14.2. The van der Waals surface area contributed by atoms with E-state index in [0.717, 1.165) is 26.2 Å². The fourth-order valence-corrected chi connectivity index (χ4v) is 3.79. The second-order valence-electron chi connectivity index (χ2n) is 6.45. The first-order valence-corrected chi connectivity index (χ1v) is 8.28. The number of aliphatic carboxylic acids is 1. The van der Waals surface area contributed by atoms with E-state index in [1.165, 1.54) is 18.9 Å². The zero-order chi connectivity index (χ0) is 16.7. The molecule has 24 heavy (non-hydrogen) atoms. The number of hydrogen-bond acceptors (Lipinski definition) is 5. The molecular formula is C17H19FN4O2. The summed E-state index contributed by atoms with van der Waals surface area (Å²) in [6.07, 6.45) is 2.07. The lowest BCUT2D eigenvalue weighted by Gasteiger charge is -2.37. The summed E-state index contributed by atoms with van der Waals surface area (Å²) in [5.41, 5.74) is 0.708. The quantitative estimate of drug-likeness (QED) is 0.923. The molecule has 1 atom stereocenters. The number of piperazine rings is 1. The van der Waals surface area contributed by atoms with Crippen molar-refractivity contribution in [2.24, 2.45) is 0 Å². The first-order valence-electron chi connectivity index (χ1n) is 8.28. The molecule has 4 rings (SSSR count). The van der Waals surface area contributed by atoms with Gasteiger partial charge in [-0.2, -0.15) is 0 Å². The molecule has 2 aromatic rings. The summed E-state index contributed by atoms with van der Waals surface area (Å²) in [4.78, 5) is 24.7. The van der Waals surface area contributed by atoms with Gasteiger partial charge in [-0.05, 0) is 31.5 Å². The van der Waals surface area contributed by atoms with Crippen LogP contribution in [0.1, 0.15) is 18.5 Å². The van der Waals surface area contributed by atoms with E-state index < -0.39 is 11.8 Å². The van der Waals surface area contributed by atoms with Gasteiger partial charge in [0, 0.05) is 25.7 Å². The Morgan fingerprint density at radius 3 is 3.00 bits per heavy atom. The van der Waals surface area contributed by atoms with Crippen molar-refractivity contribution in [3.05, 3.63) is 29.7 Å². The summed E-state index contributed by atoms with van der Waals surface area (Å²) in [7, 11) is 0. The highest BCUT2D eigenvalue weighted by atomic mass is 19.1. The zero-order valence-corrected chi connectivity index (χ0v) is 13.3. The number of hydrogen-bond donors (Lipinski definition) is 1. The maximum Gasteiger partial charge on any atom is 0.309 e. The molecule has 2 aliphatic rings. The van der Waals surface area contributed by atoms with Crippen molar-refractivity contribution >= 4 is 22.8 Å². The summed E-state index contributed by atoms with van der Waals surface area (Å²) in [6, 6.07) is 5.12. The second-order valence-corrected chi connectivity index (χ2v) is 6.45. The molecule has 2 fully saturated rings. The van der Waals surface area contributed by atoms with E-state index in [0.29, 0.717) is 17.5 Å². The lowest BCUT2D eigenvalue weighted by atomic mass is 10.1. The van der Waals surface area contributed by atoms with Gasteiger partial charge < -0.3 is 10.0 Å². The molecule has 0 amide bonds. The van der Waals surface area contributed by atoms with Crippen LogP contribution in [0.2, 0.25) is 0 Å². The number of carboxylic acid groups (broad SMARTS) is 1. The van der Waals surface area contributed by atoms with Crippen LogP contribution in [0.4, 0.5) is 10.3 Å². The Morgan fingerprint density at radius 1 is 1.29 bits per heavy atom.